The summed E-state index contributed by atoms with van der Waals surface area (Å²) in [6.45, 7) is 9.60. The summed E-state index contributed by atoms with van der Waals surface area (Å²) < 4.78 is 68.4. The maximum atomic E-state index is 12.4. The Balaban J connectivity index is 0.000000530. The number of ether oxygens (including phenoxy) is 1. The lowest BCUT2D eigenvalue weighted by atomic mass is 9.99. The zero-order valence-corrected chi connectivity index (χ0v) is 31.9. The number of carboxylic acids is 1. The first-order chi connectivity index (χ1) is 23.1. The number of benzene rings is 2. The maximum Gasteiger partial charge on any atom is 0.408 e. The van der Waals surface area contributed by atoms with E-state index in [1.807, 2.05) is 0 Å². The van der Waals surface area contributed by atoms with E-state index in [9.17, 15) is 45.4 Å². The number of Topliss-reactive ketones (excluding diaryl/α,β-unsaturated/α-hetero) is 3. The predicted octanol–water partition coefficient (Wildman–Crippen LogP) is 4.47. The number of rotatable bonds is 15. The lowest BCUT2D eigenvalue weighted by Crippen LogP contribution is -2.43. The maximum absolute atomic E-state index is 12.4. The molecule has 0 saturated carbocycles. The van der Waals surface area contributed by atoms with Gasteiger partial charge in [-0.3, -0.25) is 28.3 Å². The van der Waals surface area contributed by atoms with Crippen LogP contribution in [0.2, 0.25) is 10.0 Å². The summed E-state index contributed by atoms with van der Waals surface area (Å²) in [6.07, 6.45) is -1.05. The number of hydrogen-bond donors (Lipinski definition) is 5. The molecule has 19 heteroatoms. The molecule has 0 fully saturated rings. The van der Waals surface area contributed by atoms with Gasteiger partial charge in [0, 0.05) is 35.7 Å². The standard InChI is InChI=1S/C19H26ClNO7S.C13H16ClNO6S/c1-11-13(9-15(10-16(11)20)29(25,26)27)8-14(23)6-7-17(12(2)22)21-18(24)28-19(3,4)5;1-7-8(4-9(16)2-3-12(15)13(17)18)5-10(6-11(7)14)22(19,20)21/h9-10,17H,6-8H2,1-5H3,(H,21,24)(H,25,26,27);5-6,12H,2-4,15H2,1H3,(H,17,18)(H,19,20,21)/t17-;12-/m00/s1. The van der Waals surface area contributed by atoms with E-state index in [1.165, 1.54) is 19.1 Å². The zero-order chi connectivity index (χ0) is 39.6. The van der Waals surface area contributed by atoms with Gasteiger partial charge in [-0.15, -0.1) is 0 Å². The number of carbonyl (C=O) groups excluding carboxylic acids is 4. The highest BCUT2D eigenvalue weighted by Crippen LogP contribution is 2.26. The van der Waals surface area contributed by atoms with E-state index in [-0.39, 0.29) is 65.9 Å². The predicted molar refractivity (Wildman–Crippen MR) is 187 cm³/mol. The minimum absolute atomic E-state index is 0.0149. The molecule has 0 spiro atoms. The Kier molecular flexibility index (Phi) is 16.9. The van der Waals surface area contributed by atoms with Gasteiger partial charge in [0.1, 0.15) is 23.2 Å². The van der Waals surface area contributed by atoms with Crippen LogP contribution < -0.4 is 11.1 Å². The average Bonchev–Trinajstić information content (AvgIpc) is 2.96. The Bertz CT molecular complexity index is 1870. The van der Waals surface area contributed by atoms with Crippen LogP contribution in [0.1, 0.15) is 75.6 Å². The average molecular weight is 798 g/mol. The van der Waals surface area contributed by atoms with Crippen LogP contribution in [-0.2, 0) is 57.0 Å². The number of nitrogens with one attached hydrogen (secondary N) is 1. The van der Waals surface area contributed by atoms with Crippen molar-refractivity contribution < 1.29 is 59.8 Å². The third kappa shape index (κ3) is 16.2. The molecule has 15 nitrogen and oxygen atoms in total. The molecule has 0 aliphatic carbocycles. The summed E-state index contributed by atoms with van der Waals surface area (Å²) in [5.74, 6) is -2.10. The third-order valence-electron chi connectivity index (χ3n) is 7.17. The van der Waals surface area contributed by atoms with Crippen molar-refractivity contribution >= 4 is 72.9 Å². The summed E-state index contributed by atoms with van der Waals surface area (Å²) in [5.41, 5.74) is 6.33. The van der Waals surface area contributed by atoms with Gasteiger partial charge in [0.25, 0.3) is 20.2 Å². The monoisotopic (exact) mass is 796 g/mol. The SMILES string of the molecule is CC(=O)[C@H](CCC(=O)Cc1cc(S(=O)(=O)O)cc(Cl)c1C)NC(=O)OC(C)(C)C.Cc1c(Cl)cc(S(=O)(=O)O)cc1CC(=O)CC[C@H](N)C(=O)O. The van der Waals surface area contributed by atoms with E-state index in [2.05, 4.69) is 5.32 Å². The molecule has 2 rings (SSSR count). The molecular formula is C32H42Cl2N2O13S2. The molecule has 0 bridgehead atoms. The topological polar surface area (TPSA) is 262 Å². The molecule has 1 amide bonds. The van der Waals surface area contributed by atoms with Gasteiger partial charge in [-0.2, -0.15) is 16.8 Å². The fourth-order valence-electron chi connectivity index (χ4n) is 4.26. The number of halogens is 2. The van der Waals surface area contributed by atoms with E-state index in [4.69, 9.17) is 43.3 Å². The molecule has 2 aromatic carbocycles. The van der Waals surface area contributed by atoms with Gasteiger partial charge in [-0.05, 0) is 101 Å². The second kappa shape index (κ2) is 18.9. The van der Waals surface area contributed by atoms with Crippen LogP contribution in [0, 0.1) is 13.8 Å². The van der Waals surface area contributed by atoms with E-state index >= 15 is 0 Å². The van der Waals surface area contributed by atoms with Crippen LogP contribution in [0.5, 0.6) is 0 Å². The fourth-order valence-corrected chi connectivity index (χ4v) is 5.98. The molecule has 6 N–H and O–H groups in total. The van der Waals surface area contributed by atoms with Crippen LogP contribution in [0.15, 0.2) is 34.1 Å². The molecule has 0 aromatic heterocycles. The van der Waals surface area contributed by atoms with Crippen molar-refractivity contribution in [3.05, 3.63) is 56.6 Å². The second-order valence-corrected chi connectivity index (χ2v) is 16.2. The fraction of sp³-hybridized carbons (Fsp3) is 0.469. The van der Waals surface area contributed by atoms with Crippen LogP contribution >= 0.6 is 23.2 Å². The second-order valence-electron chi connectivity index (χ2n) is 12.6. The van der Waals surface area contributed by atoms with Crippen molar-refractivity contribution in [3.63, 3.8) is 0 Å². The molecule has 0 unspecified atom stereocenters. The van der Waals surface area contributed by atoms with Gasteiger partial charge >= 0.3 is 12.1 Å². The van der Waals surface area contributed by atoms with Gasteiger partial charge in [-0.1, -0.05) is 23.2 Å². The number of hydrogen-bond acceptors (Lipinski definition) is 11. The highest BCUT2D eigenvalue weighted by Gasteiger charge is 2.24. The van der Waals surface area contributed by atoms with Gasteiger partial charge in [0.05, 0.1) is 15.8 Å². The Morgan fingerprint density at radius 2 is 1.20 bits per heavy atom. The lowest BCUT2D eigenvalue weighted by molar-refractivity contribution is -0.138. The molecule has 0 aliphatic rings. The molecular weight excluding hydrogens is 755 g/mol. The minimum atomic E-state index is -4.47. The molecule has 0 saturated heterocycles. The van der Waals surface area contributed by atoms with Crippen molar-refractivity contribution in [2.24, 2.45) is 5.73 Å². The van der Waals surface area contributed by atoms with Gasteiger partial charge in [-0.25, -0.2) is 4.79 Å². The summed E-state index contributed by atoms with van der Waals surface area (Å²) in [6, 6.07) is 2.55. The summed E-state index contributed by atoms with van der Waals surface area (Å²) in [7, 11) is -8.90. The number of carbonyl (C=O) groups is 5. The highest BCUT2D eigenvalue weighted by molar-refractivity contribution is 7.86. The molecule has 284 valence electrons. The molecule has 0 aliphatic heterocycles. The summed E-state index contributed by atoms with van der Waals surface area (Å²) in [5, 5.41) is 11.3. The number of nitrogens with two attached hydrogens (primary N) is 1. The van der Waals surface area contributed by atoms with Gasteiger partial charge in [0.15, 0.2) is 5.78 Å². The Morgan fingerprint density at radius 1 is 0.804 bits per heavy atom. The van der Waals surface area contributed by atoms with E-state index in [0.717, 1.165) is 12.1 Å². The third-order valence-corrected chi connectivity index (χ3v) is 9.61. The molecule has 0 radical (unpaired) electrons. The molecule has 2 atom stereocenters. The Morgan fingerprint density at radius 3 is 1.53 bits per heavy atom. The number of carboxylic acid groups (broad SMARTS) is 1. The van der Waals surface area contributed by atoms with E-state index in [0.29, 0.717) is 22.3 Å². The first-order valence-corrected chi connectivity index (χ1v) is 18.8. The smallest absolute Gasteiger partial charge is 0.408 e. The van der Waals surface area contributed by atoms with Crippen molar-refractivity contribution in [2.45, 2.75) is 108 Å². The molecule has 2 aromatic rings. The zero-order valence-electron chi connectivity index (χ0n) is 28.8. The van der Waals surface area contributed by atoms with E-state index in [1.54, 1.807) is 34.6 Å². The van der Waals surface area contributed by atoms with Crippen molar-refractivity contribution in [1.82, 2.24) is 5.32 Å². The van der Waals surface area contributed by atoms with Gasteiger partial charge in [0.2, 0.25) is 0 Å². The first kappa shape index (κ1) is 45.6. The van der Waals surface area contributed by atoms with Gasteiger partial charge < -0.3 is 20.9 Å². The number of aliphatic carboxylic acids is 1. The van der Waals surface area contributed by atoms with Crippen LogP contribution in [0.4, 0.5) is 4.79 Å². The quantitative estimate of drug-likeness (QED) is 0.156. The Labute approximate surface area is 306 Å². The first-order valence-electron chi connectivity index (χ1n) is 15.2. The number of amides is 1. The number of ketones is 3. The van der Waals surface area contributed by atoms with Crippen molar-refractivity contribution in [1.29, 1.82) is 0 Å². The Hall–Kier alpha value is -3.45. The minimum Gasteiger partial charge on any atom is -0.480 e. The summed E-state index contributed by atoms with van der Waals surface area (Å²) in [4.78, 5) is 57.6. The lowest BCUT2D eigenvalue weighted by Gasteiger charge is -2.22. The van der Waals surface area contributed by atoms with Crippen molar-refractivity contribution in [3.8, 4) is 0 Å². The largest absolute Gasteiger partial charge is 0.480 e. The van der Waals surface area contributed by atoms with Crippen LogP contribution in [0.3, 0.4) is 0 Å². The molecule has 0 heterocycles. The van der Waals surface area contributed by atoms with Crippen LogP contribution in [-0.4, -0.2) is 78.1 Å². The molecule has 51 heavy (non-hydrogen) atoms. The normalized spacial score (nSPS) is 12.9. The summed E-state index contributed by atoms with van der Waals surface area (Å²) >= 11 is 11.9. The number of alkyl carbamates (subject to hydrolysis) is 1. The van der Waals surface area contributed by atoms with Crippen LogP contribution in [0.25, 0.3) is 0 Å². The highest BCUT2D eigenvalue weighted by atomic mass is 35.5. The van der Waals surface area contributed by atoms with E-state index < -0.39 is 59.8 Å². The van der Waals surface area contributed by atoms with Crippen molar-refractivity contribution in [2.75, 3.05) is 0 Å².